The topological polar surface area (TPSA) is 84.9 Å². The lowest BCUT2D eigenvalue weighted by atomic mass is 10.2. The van der Waals surface area contributed by atoms with Gasteiger partial charge in [0.25, 0.3) is 0 Å². The van der Waals surface area contributed by atoms with Gasteiger partial charge in [0.15, 0.2) is 11.5 Å². The van der Waals surface area contributed by atoms with Gasteiger partial charge in [-0.2, -0.15) is 4.31 Å². The van der Waals surface area contributed by atoms with Crippen molar-refractivity contribution < 1.29 is 22.7 Å². The number of carbonyl (C=O) groups is 1. The Balaban J connectivity index is 1.46. The molecule has 4 rings (SSSR count). The first-order chi connectivity index (χ1) is 13.6. The summed E-state index contributed by atoms with van der Waals surface area (Å²) in [5, 5.41) is 4.88. The molecule has 0 saturated carbocycles. The minimum absolute atomic E-state index is 0.120. The Morgan fingerprint density at radius 1 is 1.21 bits per heavy atom. The molecule has 150 valence electrons. The molecule has 1 atom stereocenters. The van der Waals surface area contributed by atoms with Crippen LogP contribution in [0.25, 0.3) is 0 Å². The van der Waals surface area contributed by atoms with Crippen LogP contribution in [0.5, 0.6) is 11.5 Å². The van der Waals surface area contributed by atoms with Crippen molar-refractivity contribution in [3.63, 3.8) is 0 Å². The van der Waals surface area contributed by atoms with E-state index in [0.29, 0.717) is 50.6 Å². The molecule has 3 heterocycles. The van der Waals surface area contributed by atoms with Crippen LogP contribution in [0.1, 0.15) is 17.7 Å². The monoisotopic (exact) mass is 422 g/mol. The third-order valence-corrected chi connectivity index (χ3v) is 7.72. The van der Waals surface area contributed by atoms with Crippen LogP contribution in [0.3, 0.4) is 0 Å². The maximum absolute atomic E-state index is 13.1. The van der Waals surface area contributed by atoms with Crippen molar-refractivity contribution >= 4 is 27.3 Å². The number of nitrogens with one attached hydrogen (secondary N) is 1. The van der Waals surface area contributed by atoms with Gasteiger partial charge in [0.1, 0.15) is 19.3 Å². The third kappa shape index (κ3) is 3.87. The molecule has 1 aromatic carbocycles. The number of amides is 1. The molecule has 0 radical (unpaired) electrons. The molecule has 9 heteroatoms. The summed E-state index contributed by atoms with van der Waals surface area (Å²) in [5.74, 6) is 0.716. The van der Waals surface area contributed by atoms with Crippen LogP contribution in [-0.2, 0) is 21.2 Å². The predicted molar refractivity (Wildman–Crippen MR) is 105 cm³/mol. The summed E-state index contributed by atoms with van der Waals surface area (Å²) >= 11 is 1.64. The number of thiophene rings is 1. The molecule has 2 aromatic rings. The summed E-state index contributed by atoms with van der Waals surface area (Å²) in [6.45, 7) is 1.65. The van der Waals surface area contributed by atoms with Gasteiger partial charge in [-0.25, -0.2) is 8.42 Å². The van der Waals surface area contributed by atoms with Crippen LogP contribution in [0, 0.1) is 0 Å². The van der Waals surface area contributed by atoms with Crippen molar-refractivity contribution in [2.75, 3.05) is 26.3 Å². The van der Waals surface area contributed by atoms with Crippen LogP contribution in [0.15, 0.2) is 40.6 Å². The van der Waals surface area contributed by atoms with Crippen molar-refractivity contribution in [2.45, 2.75) is 30.2 Å². The first-order valence-corrected chi connectivity index (χ1v) is 11.6. The molecular formula is C19H22N2O5S2. The van der Waals surface area contributed by atoms with Crippen LogP contribution in [0.4, 0.5) is 0 Å². The number of hydrogen-bond acceptors (Lipinski definition) is 6. The quantitative estimate of drug-likeness (QED) is 0.770. The number of nitrogens with zero attached hydrogens (tertiary/aromatic N) is 1. The van der Waals surface area contributed by atoms with E-state index < -0.39 is 16.1 Å². The molecular weight excluding hydrogens is 400 g/mol. The van der Waals surface area contributed by atoms with Gasteiger partial charge in [-0.3, -0.25) is 4.79 Å². The van der Waals surface area contributed by atoms with Gasteiger partial charge in [-0.15, -0.1) is 11.3 Å². The normalized spacial score (nSPS) is 19.5. The van der Waals surface area contributed by atoms with Gasteiger partial charge < -0.3 is 14.8 Å². The number of fused-ring (bicyclic) bond motifs is 1. The smallest absolute Gasteiger partial charge is 0.243 e. The molecule has 7 nitrogen and oxygen atoms in total. The fourth-order valence-electron chi connectivity index (χ4n) is 3.49. The predicted octanol–water partition coefficient (Wildman–Crippen LogP) is 2.03. The van der Waals surface area contributed by atoms with E-state index in [1.54, 1.807) is 17.4 Å². The van der Waals surface area contributed by atoms with E-state index in [0.717, 1.165) is 6.42 Å². The lowest BCUT2D eigenvalue weighted by molar-refractivity contribution is -0.124. The second-order valence-electron chi connectivity index (χ2n) is 6.70. The van der Waals surface area contributed by atoms with E-state index in [4.69, 9.17) is 9.47 Å². The van der Waals surface area contributed by atoms with Crippen molar-refractivity contribution in [1.29, 1.82) is 0 Å². The highest BCUT2D eigenvalue weighted by Gasteiger charge is 2.39. The Labute approximate surface area is 168 Å². The van der Waals surface area contributed by atoms with Gasteiger partial charge >= 0.3 is 0 Å². The fourth-order valence-corrected chi connectivity index (χ4v) is 5.87. The Hall–Kier alpha value is -2.10. The number of hydrogen-bond donors (Lipinski definition) is 1. The largest absolute Gasteiger partial charge is 0.486 e. The molecule has 1 fully saturated rings. The molecule has 2 aliphatic rings. The molecule has 0 aliphatic carbocycles. The summed E-state index contributed by atoms with van der Waals surface area (Å²) in [6.07, 6.45) is 1.92. The van der Waals surface area contributed by atoms with Crippen molar-refractivity contribution in [3.8, 4) is 11.5 Å². The maximum atomic E-state index is 13.1. The minimum atomic E-state index is -3.80. The molecule has 1 saturated heterocycles. The second-order valence-corrected chi connectivity index (χ2v) is 9.62. The van der Waals surface area contributed by atoms with E-state index in [-0.39, 0.29) is 10.8 Å². The Bertz CT molecular complexity index is 943. The highest BCUT2D eigenvalue weighted by Crippen LogP contribution is 2.34. The number of ether oxygens (including phenoxy) is 2. The zero-order valence-corrected chi connectivity index (χ0v) is 16.9. The van der Waals surface area contributed by atoms with Crippen LogP contribution < -0.4 is 14.8 Å². The average Bonchev–Trinajstić information content (AvgIpc) is 3.39. The van der Waals surface area contributed by atoms with E-state index in [1.165, 1.54) is 21.3 Å². The van der Waals surface area contributed by atoms with Crippen LogP contribution in [0.2, 0.25) is 0 Å². The Morgan fingerprint density at radius 3 is 2.82 bits per heavy atom. The van der Waals surface area contributed by atoms with Crippen molar-refractivity contribution in [1.82, 2.24) is 9.62 Å². The lowest BCUT2D eigenvalue weighted by Gasteiger charge is -2.24. The highest BCUT2D eigenvalue weighted by atomic mass is 32.2. The minimum Gasteiger partial charge on any atom is -0.486 e. The number of sulfonamides is 1. The SMILES string of the molecule is O=C(NCCc1cccs1)[C@@H]1CCCN1S(=O)(=O)c1ccc2c(c1)OCCO2. The number of rotatable bonds is 6. The summed E-state index contributed by atoms with van der Waals surface area (Å²) in [5.41, 5.74) is 0. The van der Waals surface area contributed by atoms with Crippen molar-refractivity contribution in [2.24, 2.45) is 0 Å². The third-order valence-electron chi connectivity index (χ3n) is 4.88. The molecule has 0 bridgehead atoms. The zero-order valence-electron chi connectivity index (χ0n) is 15.3. The van der Waals surface area contributed by atoms with E-state index in [9.17, 15) is 13.2 Å². The summed E-state index contributed by atoms with van der Waals surface area (Å²) in [7, 11) is -3.80. The fraction of sp³-hybridized carbons (Fsp3) is 0.421. The molecule has 1 N–H and O–H groups in total. The van der Waals surface area contributed by atoms with Gasteiger partial charge in [0, 0.05) is 24.0 Å². The second kappa shape index (κ2) is 8.10. The Morgan fingerprint density at radius 2 is 2.04 bits per heavy atom. The number of carbonyl (C=O) groups excluding carboxylic acids is 1. The molecule has 1 aromatic heterocycles. The summed E-state index contributed by atoms with van der Waals surface area (Å²) < 4.78 is 38.6. The molecule has 1 amide bonds. The van der Waals surface area contributed by atoms with Crippen LogP contribution >= 0.6 is 11.3 Å². The van der Waals surface area contributed by atoms with Gasteiger partial charge in [0.2, 0.25) is 15.9 Å². The number of benzene rings is 1. The highest BCUT2D eigenvalue weighted by molar-refractivity contribution is 7.89. The molecule has 2 aliphatic heterocycles. The maximum Gasteiger partial charge on any atom is 0.243 e. The van der Waals surface area contributed by atoms with E-state index >= 15 is 0 Å². The van der Waals surface area contributed by atoms with E-state index in [1.807, 2.05) is 17.5 Å². The molecule has 0 unspecified atom stereocenters. The molecule has 0 spiro atoms. The summed E-state index contributed by atoms with van der Waals surface area (Å²) in [4.78, 5) is 13.9. The van der Waals surface area contributed by atoms with E-state index in [2.05, 4.69) is 5.32 Å². The Kier molecular flexibility index (Phi) is 5.56. The van der Waals surface area contributed by atoms with Gasteiger partial charge in [0.05, 0.1) is 4.90 Å². The molecule has 28 heavy (non-hydrogen) atoms. The average molecular weight is 423 g/mol. The van der Waals surface area contributed by atoms with Crippen LogP contribution in [-0.4, -0.2) is 51.0 Å². The van der Waals surface area contributed by atoms with Gasteiger partial charge in [-0.1, -0.05) is 6.07 Å². The first-order valence-electron chi connectivity index (χ1n) is 9.27. The lowest BCUT2D eigenvalue weighted by Crippen LogP contribution is -2.46. The zero-order chi connectivity index (χ0) is 19.6. The summed E-state index contributed by atoms with van der Waals surface area (Å²) in [6, 6.07) is 7.90. The first kappa shape index (κ1) is 19.2. The van der Waals surface area contributed by atoms with Crippen molar-refractivity contribution in [3.05, 3.63) is 40.6 Å². The standard InChI is InChI=1S/C19H22N2O5S2/c22-19(20-8-7-14-3-2-12-27-14)16-4-1-9-21(16)28(23,24)15-5-6-17-18(13-15)26-11-10-25-17/h2-3,5-6,12-13,16H,1,4,7-11H2,(H,20,22)/t16-/m0/s1. The van der Waals surface area contributed by atoms with Gasteiger partial charge in [-0.05, 0) is 42.8 Å².